The fraction of sp³-hybridized carbons (Fsp3) is 0.538. The minimum atomic E-state index is -4.70. The number of amides is 1. The number of nitrogens with one attached hydrogen (secondary N) is 1. The van der Waals surface area contributed by atoms with Crippen molar-refractivity contribution in [3.8, 4) is 0 Å². The average molecular weight is 642 g/mol. The van der Waals surface area contributed by atoms with Crippen LogP contribution in [0.5, 0.6) is 0 Å². The third kappa shape index (κ3) is 7.45. The number of ether oxygens (including phenoxy) is 1. The van der Waals surface area contributed by atoms with Crippen LogP contribution in [0.15, 0.2) is 28.6 Å². The van der Waals surface area contributed by atoms with Gasteiger partial charge in [0.15, 0.2) is 12.2 Å². The molecule has 4 heterocycles. The van der Waals surface area contributed by atoms with Crippen LogP contribution in [0.25, 0.3) is 11.3 Å². The summed E-state index contributed by atoms with van der Waals surface area (Å²) in [6.07, 6.45) is 5.48. The van der Waals surface area contributed by atoms with Crippen molar-refractivity contribution in [1.29, 1.82) is 0 Å². The number of likely N-dealkylation sites (N-methyl/N-ethyl adjacent to an activating group) is 1. The van der Waals surface area contributed by atoms with Crippen LogP contribution in [0, 0.1) is 0 Å². The number of hydrazine groups is 1. The zero-order valence-electron chi connectivity index (χ0n) is 23.9. The number of carbonyl (C=O) groups is 1. The highest BCUT2D eigenvalue weighted by molar-refractivity contribution is 7.46. The van der Waals surface area contributed by atoms with Crippen molar-refractivity contribution in [3.05, 3.63) is 40.0 Å². The highest BCUT2D eigenvalue weighted by atomic mass is 32.1. The van der Waals surface area contributed by atoms with E-state index in [1.54, 1.807) is 34.5 Å². The van der Waals surface area contributed by atoms with Gasteiger partial charge < -0.3 is 19.8 Å². The van der Waals surface area contributed by atoms with Crippen LogP contribution in [0.4, 0.5) is 14.5 Å². The van der Waals surface area contributed by atoms with E-state index in [9.17, 15) is 18.1 Å². The predicted octanol–water partition coefficient (Wildman–Crippen LogP) is 4.87. The van der Waals surface area contributed by atoms with Gasteiger partial charge in [-0.05, 0) is 39.5 Å². The van der Waals surface area contributed by atoms with Gasteiger partial charge in [0.2, 0.25) is 0 Å². The summed E-state index contributed by atoms with van der Waals surface area (Å²) in [6, 6.07) is -0.000699. The first-order valence-corrected chi connectivity index (χ1v) is 16.4. The molecule has 1 fully saturated rings. The highest BCUT2D eigenvalue weighted by Gasteiger charge is 2.31. The molecule has 2 aliphatic heterocycles. The zero-order chi connectivity index (χ0) is 30.9. The summed E-state index contributed by atoms with van der Waals surface area (Å²) in [6.45, 7) is 4.46. The molecule has 5 rings (SSSR count). The Morgan fingerprint density at radius 2 is 2.00 bits per heavy atom. The second-order valence-electron chi connectivity index (χ2n) is 10.5. The Bertz CT molecular complexity index is 1500. The molecule has 1 saturated carbocycles. The highest BCUT2D eigenvalue weighted by Crippen LogP contribution is 2.40. The fourth-order valence-corrected chi connectivity index (χ4v) is 6.70. The second kappa shape index (κ2) is 13.0. The van der Waals surface area contributed by atoms with Gasteiger partial charge in [0.25, 0.3) is 5.91 Å². The maximum atomic E-state index is 14.9. The van der Waals surface area contributed by atoms with Crippen molar-refractivity contribution in [2.24, 2.45) is 4.99 Å². The largest absolute Gasteiger partial charge is 0.471 e. The molecule has 3 aliphatic rings. The van der Waals surface area contributed by atoms with Gasteiger partial charge in [-0.1, -0.05) is 0 Å². The lowest BCUT2D eigenvalue weighted by Gasteiger charge is -2.30. The number of anilines is 1. The van der Waals surface area contributed by atoms with Gasteiger partial charge in [-0.2, -0.15) is 9.49 Å². The Kier molecular flexibility index (Phi) is 9.56. The second-order valence-corrected chi connectivity index (χ2v) is 12.6. The predicted molar refractivity (Wildman–Crippen MR) is 156 cm³/mol. The lowest BCUT2D eigenvalue weighted by Crippen LogP contribution is -2.39. The smallest absolute Gasteiger partial charge is 0.379 e. The fourth-order valence-electron chi connectivity index (χ4n) is 5.40. The van der Waals surface area contributed by atoms with Crippen molar-refractivity contribution in [2.75, 3.05) is 25.5 Å². The Hall–Kier alpha value is -2.85. The molecular formula is C26H34F2N7O6PS. The molecule has 43 heavy (non-hydrogen) atoms. The summed E-state index contributed by atoms with van der Waals surface area (Å²) in [5.41, 5.74) is 0.835. The molecular weight excluding hydrogens is 607 g/mol. The number of thiazole rings is 1. The van der Waals surface area contributed by atoms with E-state index < -0.39 is 31.8 Å². The molecule has 0 spiro atoms. The molecule has 17 heteroatoms. The van der Waals surface area contributed by atoms with Gasteiger partial charge >= 0.3 is 7.82 Å². The van der Waals surface area contributed by atoms with E-state index in [1.165, 1.54) is 23.3 Å². The molecule has 3 N–H and O–H groups in total. The lowest BCUT2D eigenvalue weighted by molar-refractivity contribution is -0.0592. The van der Waals surface area contributed by atoms with Crippen LogP contribution in [0.2, 0.25) is 0 Å². The Morgan fingerprint density at radius 1 is 1.26 bits per heavy atom. The van der Waals surface area contributed by atoms with E-state index in [0.29, 0.717) is 23.7 Å². The molecule has 1 unspecified atom stereocenters. The lowest BCUT2D eigenvalue weighted by atomic mass is 9.93. The quantitative estimate of drug-likeness (QED) is 0.306. The van der Waals surface area contributed by atoms with Gasteiger partial charge in [-0.3, -0.25) is 19.0 Å². The average Bonchev–Trinajstić information content (AvgIpc) is 3.68. The summed E-state index contributed by atoms with van der Waals surface area (Å²) in [7, 11) is -2.98. The summed E-state index contributed by atoms with van der Waals surface area (Å²) in [5.74, 6) is -1.86. The molecule has 1 amide bonds. The molecule has 1 atom stereocenters. The number of halogens is 2. The molecule has 13 nitrogen and oxygen atoms in total. The molecule has 2 aromatic heterocycles. The van der Waals surface area contributed by atoms with E-state index in [1.807, 2.05) is 6.92 Å². The van der Waals surface area contributed by atoms with Crippen molar-refractivity contribution in [1.82, 2.24) is 24.8 Å². The monoisotopic (exact) mass is 641 g/mol. The minimum absolute atomic E-state index is 0.000699. The van der Waals surface area contributed by atoms with Crippen LogP contribution in [-0.2, 0) is 13.8 Å². The van der Waals surface area contributed by atoms with Crippen molar-refractivity contribution < 1.29 is 37.2 Å². The summed E-state index contributed by atoms with van der Waals surface area (Å²) < 4.78 is 52.5. The van der Waals surface area contributed by atoms with E-state index in [-0.39, 0.29) is 47.8 Å². The molecule has 0 aromatic carbocycles. The number of phosphoric acid groups is 1. The SMILES string of the molecule is CCOC1CCC(n2cc(NC(=O)c3csc(C4=CN(C(C)OP(=O)(O)O)N(C)C4)n3)c(C3=C(F)CCC(F)=N3)n2)CC1. The van der Waals surface area contributed by atoms with Crippen LogP contribution in [-0.4, -0.2) is 79.0 Å². The van der Waals surface area contributed by atoms with Crippen LogP contribution in [0.3, 0.4) is 0 Å². The molecule has 1 aliphatic carbocycles. The topological polar surface area (TPSA) is 155 Å². The van der Waals surface area contributed by atoms with Gasteiger partial charge in [-0.25, -0.2) is 23.9 Å². The maximum absolute atomic E-state index is 14.9. The van der Waals surface area contributed by atoms with E-state index in [4.69, 9.17) is 19.0 Å². The number of carbonyl (C=O) groups excluding carboxylic acids is 1. The molecule has 0 saturated heterocycles. The first-order valence-electron chi connectivity index (χ1n) is 14.0. The van der Waals surface area contributed by atoms with Gasteiger partial charge in [0.05, 0.1) is 17.8 Å². The van der Waals surface area contributed by atoms with Crippen molar-refractivity contribution in [2.45, 2.75) is 70.7 Å². The normalized spacial score (nSPS) is 22.5. The van der Waals surface area contributed by atoms with Gasteiger partial charge in [-0.15, -0.1) is 11.3 Å². The molecule has 2 aromatic rings. The van der Waals surface area contributed by atoms with E-state index in [2.05, 4.69) is 20.4 Å². The number of hydrogen-bond acceptors (Lipinski definition) is 10. The minimum Gasteiger partial charge on any atom is -0.379 e. The van der Waals surface area contributed by atoms with Gasteiger partial charge in [0, 0.05) is 56.4 Å². The number of nitrogens with zero attached hydrogens (tertiary/aromatic N) is 6. The first kappa shape index (κ1) is 31.6. The summed E-state index contributed by atoms with van der Waals surface area (Å²) in [4.78, 5) is 39.9. The number of hydrogen-bond donors (Lipinski definition) is 3. The molecule has 0 radical (unpaired) electrons. The molecule has 234 valence electrons. The summed E-state index contributed by atoms with van der Waals surface area (Å²) in [5, 5.41) is 12.7. The number of aromatic nitrogens is 3. The summed E-state index contributed by atoms with van der Waals surface area (Å²) >= 11 is 1.22. The van der Waals surface area contributed by atoms with Crippen LogP contribution < -0.4 is 5.32 Å². The first-order chi connectivity index (χ1) is 20.4. The van der Waals surface area contributed by atoms with Crippen molar-refractivity contribution >= 4 is 48.0 Å². The Labute approximate surface area is 251 Å². The third-order valence-corrected chi connectivity index (χ3v) is 8.92. The Morgan fingerprint density at radius 3 is 2.70 bits per heavy atom. The van der Waals surface area contributed by atoms with Crippen molar-refractivity contribution in [3.63, 3.8) is 0 Å². The number of phosphoric ester groups is 1. The molecule has 0 bridgehead atoms. The number of rotatable bonds is 10. The van der Waals surface area contributed by atoms with E-state index >= 15 is 0 Å². The number of allylic oxidation sites excluding steroid dienone is 1. The zero-order valence-corrected chi connectivity index (χ0v) is 25.7. The van der Waals surface area contributed by atoms with Crippen LogP contribution in [0.1, 0.15) is 79.6 Å². The standard InChI is InChI=1S/C26H34F2N7O6PS/c1-4-40-18-7-5-17(6-8-18)34-13-20(24(32-34)23-19(27)9-10-22(28)31-23)29-25(36)21-14-43-26(30-21)16-11-33(3)35(12-16)15(2)41-42(37,38)39/h12-15,17-18H,4-11H2,1-3H3,(H,29,36)(H2,37,38,39). The van der Waals surface area contributed by atoms with Crippen LogP contribution >= 0.6 is 19.2 Å². The third-order valence-electron chi connectivity index (χ3n) is 7.42. The Balaban J connectivity index is 1.36. The van der Waals surface area contributed by atoms with Gasteiger partial charge in [0.1, 0.15) is 27.9 Å². The number of aliphatic imine (C=N–C) groups is 1. The van der Waals surface area contributed by atoms with E-state index in [0.717, 1.165) is 25.7 Å². The maximum Gasteiger partial charge on any atom is 0.471 e.